The standard InChI is InChI=1S/C25H24N4O4S/c1-15(29(14-31)13-17-12-27-16(2)28-24(17)26)22(10-11-30)34-25(32)20-8-5-7-19-18-6-3-4-9-21(18)33-23(19)20/h3-9,12,14,30H,10-11,13H2,1-2H3,(H2,26,27,28)/b22-15-. The molecule has 4 rings (SSSR count). The Morgan fingerprint density at radius 1 is 1.21 bits per heavy atom. The second kappa shape index (κ2) is 10.1. The van der Waals surface area contributed by atoms with E-state index in [4.69, 9.17) is 10.2 Å². The van der Waals surface area contributed by atoms with Crippen LogP contribution < -0.4 is 5.73 Å². The Labute approximate surface area is 200 Å². The number of benzene rings is 2. The van der Waals surface area contributed by atoms with E-state index >= 15 is 0 Å². The number of hydrogen-bond donors (Lipinski definition) is 2. The fourth-order valence-corrected chi connectivity index (χ4v) is 4.65. The maximum absolute atomic E-state index is 13.3. The summed E-state index contributed by atoms with van der Waals surface area (Å²) >= 11 is 0.974. The van der Waals surface area contributed by atoms with Gasteiger partial charge < -0.3 is 20.2 Å². The van der Waals surface area contributed by atoms with Gasteiger partial charge in [-0.2, -0.15) is 0 Å². The van der Waals surface area contributed by atoms with Crippen LogP contribution in [0, 0.1) is 6.92 Å². The number of aliphatic hydroxyl groups excluding tert-OH is 1. The van der Waals surface area contributed by atoms with Crippen LogP contribution >= 0.6 is 11.8 Å². The highest BCUT2D eigenvalue weighted by atomic mass is 32.2. The number of carbonyl (C=O) groups excluding carboxylic acids is 2. The van der Waals surface area contributed by atoms with E-state index in [-0.39, 0.29) is 30.5 Å². The Hall–Kier alpha value is -3.69. The first-order valence-electron chi connectivity index (χ1n) is 10.7. The molecule has 0 saturated carbocycles. The molecule has 4 aromatic rings. The van der Waals surface area contributed by atoms with Crippen molar-refractivity contribution >= 4 is 51.0 Å². The Morgan fingerprint density at radius 2 is 1.97 bits per heavy atom. The number of hydrogen-bond acceptors (Lipinski definition) is 8. The lowest BCUT2D eigenvalue weighted by molar-refractivity contribution is -0.116. The lowest BCUT2D eigenvalue weighted by Crippen LogP contribution is -2.22. The van der Waals surface area contributed by atoms with Crippen molar-refractivity contribution in [2.75, 3.05) is 12.3 Å². The maximum Gasteiger partial charge on any atom is 0.227 e. The number of nitrogens with two attached hydrogens (primary N) is 1. The number of carbonyl (C=O) groups is 2. The predicted molar refractivity (Wildman–Crippen MR) is 133 cm³/mol. The summed E-state index contributed by atoms with van der Waals surface area (Å²) in [5, 5.41) is 11.2. The molecule has 0 aliphatic heterocycles. The van der Waals surface area contributed by atoms with Gasteiger partial charge in [0.25, 0.3) is 0 Å². The molecule has 2 aromatic heterocycles. The summed E-state index contributed by atoms with van der Waals surface area (Å²) in [7, 11) is 0. The first-order valence-corrected chi connectivity index (χ1v) is 11.5. The average molecular weight is 477 g/mol. The number of furan rings is 1. The maximum atomic E-state index is 13.3. The highest BCUT2D eigenvalue weighted by molar-refractivity contribution is 8.17. The van der Waals surface area contributed by atoms with E-state index in [9.17, 15) is 14.7 Å². The quantitative estimate of drug-likeness (QED) is 0.359. The number of nitrogen functional groups attached to an aromatic ring is 1. The monoisotopic (exact) mass is 476 g/mol. The van der Waals surface area contributed by atoms with Crippen molar-refractivity contribution in [3.63, 3.8) is 0 Å². The Morgan fingerprint density at radius 3 is 2.71 bits per heavy atom. The molecule has 0 unspecified atom stereocenters. The Bertz CT molecular complexity index is 1410. The van der Waals surface area contributed by atoms with Crippen LogP contribution in [0.25, 0.3) is 21.9 Å². The van der Waals surface area contributed by atoms with Gasteiger partial charge >= 0.3 is 0 Å². The Balaban J connectivity index is 1.66. The van der Waals surface area contributed by atoms with Crippen LogP contribution in [0.4, 0.5) is 5.82 Å². The zero-order valence-corrected chi connectivity index (χ0v) is 19.6. The molecule has 9 heteroatoms. The van der Waals surface area contributed by atoms with Gasteiger partial charge in [-0.1, -0.05) is 30.3 Å². The number of aliphatic hydroxyl groups is 1. The van der Waals surface area contributed by atoms with Gasteiger partial charge in [0.15, 0.2) is 0 Å². The molecule has 34 heavy (non-hydrogen) atoms. The number of rotatable bonds is 8. The number of amides is 1. The van der Waals surface area contributed by atoms with Crippen LogP contribution in [-0.2, 0) is 11.3 Å². The van der Waals surface area contributed by atoms with E-state index < -0.39 is 0 Å². The fraction of sp³-hybridized carbons (Fsp3) is 0.200. The summed E-state index contributed by atoms with van der Waals surface area (Å²) in [5.41, 5.74) is 8.75. The van der Waals surface area contributed by atoms with Gasteiger partial charge in [-0.05, 0) is 37.7 Å². The fourth-order valence-electron chi connectivity index (χ4n) is 3.70. The second-order valence-electron chi connectivity index (χ2n) is 7.71. The smallest absolute Gasteiger partial charge is 0.227 e. The van der Waals surface area contributed by atoms with Gasteiger partial charge in [0, 0.05) is 46.2 Å². The zero-order chi connectivity index (χ0) is 24.2. The third-order valence-electron chi connectivity index (χ3n) is 5.50. The van der Waals surface area contributed by atoms with Gasteiger partial charge in [0.05, 0.1) is 12.1 Å². The number of nitrogens with zero attached hydrogens (tertiary/aromatic N) is 3. The average Bonchev–Trinajstić information content (AvgIpc) is 3.21. The molecule has 2 heterocycles. The number of aryl methyl sites for hydroxylation is 1. The Kier molecular flexibility index (Phi) is 6.95. The summed E-state index contributed by atoms with van der Waals surface area (Å²) in [6.07, 6.45) is 2.45. The zero-order valence-electron chi connectivity index (χ0n) is 18.8. The lowest BCUT2D eigenvalue weighted by Gasteiger charge is -2.22. The van der Waals surface area contributed by atoms with E-state index in [2.05, 4.69) is 9.97 Å². The number of thioether (sulfide) groups is 1. The summed E-state index contributed by atoms with van der Waals surface area (Å²) in [6.45, 7) is 3.42. The van der Waals surface area contributed by atoms with E-state index in [1.54, 1.807) is 26.1 Å². The van der Waals surface area contributed by atoms with Crippen molar-refractivity contribution in [3.8, 4) is 0 Å². The number of fused-ring (bicyclic) bond motifs is 3. The molecule has 2 aromatic carbocycles. The molecule has 0 saturated heterocycles. The van der Waals surface area contributed by atoms with Crippen LogP contribution in [0.1, 0.15) is 35.1 Å². The first-order chi connectivity index (χ1) is 16.4. The molecular formula is C25H24N4O4S. The number of anilines is 1. The minimum atomic E-state index is -0.239. The molecule has 0 aliphatic rings. The van der Waals surface area contributed by atoms with Crippen LogP contribution in [0.3, 0.4) is 0 Å². The van der Waals surface area contributed by atoms with Gasteiger partial charge in [0.2, 0.25) is 11.5 Å². The van der Waals surface area contributed by atoms with E-state index in [1.807, 2.05) is 36.4 Å². The van der Waals surface area contributed by atoms with Crippen molar-refractivity contribution in [3.05, 3.63) is 76.2 Å². The van der Waals surface area contributed by atoms with E-state index in [0.29, 0.717) is 45.1 Å². The highest BCUT2D eigenvalue weighted by Gasteiger charge is 2.21. The minimum Gasteiger partial charge on any atom is -0.455 e. The van der Waals surface area contributed by atoms with Gasteiger partial charge in [-0.15, -0.1) is 0 Å². The van der Waals surface area contributed by atoms with Gasteiger partial charge in [0.1, 0.15) is 22.8 Å². The summed E-state index contributed by atoms with van der Waals surface area (Å²) in [4.78, 5) is 35.5. The minimum absolute atomic E-state index is 0.143. The van der Waals surface area contributed by atoms with Gasteiger partial charge in [-0.25, -0.2) is 9.97 Å². The molecule has 0 atom stereocenters. The molecule has 174 valence electrons. The molecule has 0 spiro atoms. The summed E-state index contributed by atoms with van der Waals surface area (Å²) in [6, 6.07) is 13.1. The second-order valence-corrected chi connectivity index (χ2v) is 8.78. The molecule has 0 fully saturated rings. The summed E-state index contributed by atoms with van der Waals surface area (Å²) < 4.78 is 5.98. The molecule has 0 aliphatic carbocycles. The van der Waals surface area contributed by atoms with Crippen LogP contribution in [0.15, 0.2) is 63.7 Å². The highest BCUT2D eigenvalue weighted by Crippen LogP contribution is 2.35. The lowest BCUT2D eigenvalue weighted by atomic mass is 10.1. The van der Waals surface area contributed by atoms with Gasteiger partial charge in [-0.3, -0.25) is 9.59 Å². The molecule has 8 nitrogen and oxygen atoms in total. The van der Waals surface area contributed by atoms with Crippen LogP contribution in [0.5, 0.6) is 0 Å². The third kappa shape index (κ3) is 4.66. The molecule has 0 bridgehead atoms. The predicted octanol–water partition coefficient (Wildman–Crippen LogP) is 4.41. The van der Waals surface area contributed by atoms with Crippen molar-refractivity contribution in [2.24, 2.45) is 0 Å². The van der Waals surface area contributed by atoms with Crippen LogP contribution in [0.2, 0.25) is 0 Å². The van der Waals surface area contributed by atoms with E-state index in [0.717, 1.165) is 22.5 Å². The van der Waals surface area contributed by atoms with E-state index in [1.165, 1.54) is 4.90 Å². The number of para-hydroxylation sites is 2. The number of aromatic nitrogens is 2. The van der Waals surface area contributed by atoms with Crippen molar-refractivity contribution in [1.29, 1.82) is 0 Å². The molecular weight excluding hydrogens is 452 g/mol. The number of allylic oxidation sites excluding steroid dienone is 1. The summed E-state index contributed by atoms with van der Waals surface area (Å²) in [5.74, 6) is 0.823. The largest absolute Gasteiger partial charge is 0.455 e. The van der Waals surface area contributed by atoms with Crippen molar-refractivity contribution in [2.45, 2.75) is 26.8 Å². The SMILES string of the molecule is C/C(=C(\CCO)SC(=O)c1cccc2c1oc1ccccc12)N(C=O)Cc1cnc(C)nc1N. The molecule has 0 radical (unpaired) electrons. The first kappa shape index (κ1) is 23.5. The molecule has 3 N–H and O–H groups in total. The topological polar surface area (TPSA) is 123 Å². The van der Waals surface area contributed by atoms with Crippen molar-refractivity contribution in [1.82, 2.24) is 14.9 Å². The normalized spacial score (nSPS) is 12.1. The molecule has 1 amide bonds. The van der Waals surface area contributed by atoms with Crippen LogP contribution in [-0.4, -0.2) is 38.1 Å². The van der Waals surface area contributed by atoms with Crippen molar-refractivity contribution < 1.29 is 19.1 Å². The third-order valence-corrected chi connectivity index (χ3v) is 6.65.